The maximum Gasteiger partial charge on any atom is 0.192 e. The largest absolute Gasteiger partial charge is 0.415 e. The standard InChI is InChI=1S/C32H42Cl2N6OSi/c1-20-15-22(10-13-29(20)39-14-8-9-24(39)19-41-42(6,7)32(3,4)5)28-18-36-30-27(17-35)38-40(31(30)37-28)21(2)25-12-11-23(33)16-26(25)34/h10-12,16,18,20-21,24,29H,8-9,13-15,19H2,1-7H3/t20-,21-,24+,29+/m1/s1. The zero-order valence-corrected chi connectivity index (χ0v) is 28.3. The van der Waals surface area contributed by atoms with Crippen molar-refractivity contribution in [3.05, 3.63) is 57.5 Å². The molecule has 0 unspecified atom stereocenters. The molecule has 1 aliphatic heterocycles. The lowest BCUT2D eigenvalue weighted by molar-refractivity contribution is 0.0939. The van der Waals surface area contributed by atoms with Crippen molar-refractivity contribution >= 4 is 48.3 Å². The molecular weight excluding hydrogens is 583 g/mol. The second-order valence-corrected chi connectivity index (χ2v) is 19.1. The fraction of sp³-hybridized carbons (Fsp3) is 0.562. The molecule has 3 aromatic rings. The highest BCUT2D eigenvalue weighted by Gasteiger charge is 2.40. The van der Waals surface area contributed by atoms with Gasteiger partial charge in [-0.3, -0.25) is 4.90 Å². The van der Waals surface area contributed by atoms with Crippen molar-refractivity contribution in [3.63, 3.8) is 0 Å². The van der Waals surface area contributed by atoms with E-state index in [2.05, 4.69) is 67.9 Å². The average molecular weight is 626 g/mol. The van der Waals surface area contributed by atoms with Gasteiger partial charge in [0.2, 0.25) is 0 Å². The fourth-order valence-corrected chi connectivity index (χ4v) is 7.72. The lowest BCUT2D eigenvalue weighted by Gasteiger charge is -2.41. The third-order valence-corrected chi connectivity index (χ3v) is 14.8. The van der Waals surface area contributed by atoms with E-state index in [4.69, 9.17) is 32.6 Å². The number of nitriles is 1. The van der Waals surface area contributed by atoms with Crippen LogP contribution in [0.5, 0.6) is 0 Å². The number of nitrogens with zero attached hydrogens (tertiary/aromatic N) is 6. The monoisotopic (exact) mass is 624 g/mol. The van der Waals surface area contributed by atoms with Crippen LogP contribution in [0.1, 0.15) is 83.3 Å². The summed E-state index contributed by atoms with van der Waals surface area (Å²) < 4.78 is 8.43. The maximum atomic E-state index is 9.76. The van der Waals surface area contributed by atoms with Crippen LogP contribution in [-0.2, 0) is 4.43 Å². The van der Waals surface area contributed by atoms with Crippen LogP contribution in [0.4, 0.5) is 0 Å². The number of benzene rings is 1. The quantitative estimate of drug-likeness (QED) is 0.246. The van der Waals surface area contributed by atoms with Crippen LogP contribution < -0.4 is 0 Å². The van der Waals surface area contributed by atoms with Crippen molar-refractivity contribution in [1.82, 2.24) is 24.6 Å². The summed E-state index contributed by atoms with van der Waals surface area (Å²) in [5, 5.41) is 15.7. The van der Waals surface area contributed by atoms with E-state index in [1.54, 1.807) is 16.9 Å². The Balaban J connectivity index is 1.38. The number of allylic oxidation sites excluding steroid dienone is 1. The van der Waals surface area contributed by atoms with E-state index in [0.29, 0.717) is 39.2 Å². The predicted octanol–water partition coefficient (Wildman–Crippen LogP) is 8.28. The Bertz CT molecular complexity index is 1540. The molecule has 224 valence electrons. The maximum absolute atomic E-state index is 9.76. The molecule has 7 nitrogen and oxygen atoms in total. The lowest BCUT2D eigenvalue weighted by atomic mass is 9.83. The van der Waals surface area contributed by atoms with E-state index < -0.39 is 8.32 Å². The van der Waals surface area contributed by atoms with Crippen LogP contribution in [0.15, 0.2) is 30.5 Å². The topological polar surface area (TPSA) is 79.9 Å². The Morgan fingerprint density at radius 3 is 2.67 bits per heavy atom. The molecule has 0 spiro atoms. The molecule has 2 aromatic heterocycles. The zero-order chi connectivity index (χ0) is 30.4. The van der Waals surface area contributed by atoms with Gasteiger partial charge in [0, 0.05) is 28.7 Å². The van der Waals surface area contributed by atoms with Crippen molar-refractivity contribution in [2.24, 2.45) is 5.92 Å². The number of fused-ring (bicyclic) bond motifs is 1. The van der Waals surface area contributed by atoms with Crippen molar-refractivity contribution in [3.8, 4) is 6.07 Å². The first-order valence-corrected chi connectivity index (χ1v) is 18.7. The molecular formula is C32H42Cl2N6OSi. The van der Waals surface area contributed by atoms with Gasteiger partial charge in [-0.15, -0.1) is 0 Å². The first-order chi connectivity index (χ1) is 19.8. The van der Waals surface area contributed by atoms with Gasteiger partial charge in [-0.05, 0) is 86.5 Å². The average Bonchev–Trinajstić information content (AvgIpc) is 3.55. The van der Waals surface area contributed by atoms with Gasteiger partial charge in [0.25, 0.3) is 0 Å². The van der Waals surface area contributed by atoms with Crippen molar-refractivity contribution in [2.45, 2.75) is 96.6 Å². The van der Waals surface area contributed by atoms with Gasteiger partial charge < -0.3 is 4.43 Å². The Morgan fingerprint density at radius 1 is 1.24 bits per heavy atom. The first kappa shape index (κ1) is 31.2. The number of halogens is 2. The van der Waals surface area contributed by atoms with Gasteiger partial charge in [-0.1, -0.05) is 63.0 Å². The second kappa shape index (κ2) is 12.0. The minimum absolute atomic E-state index is 0.219. The molecule has 1 aromatic carbocycles. The highest BCUT2D eigenvalue weighted by atomic mass is 35.5. The van der Waals surface area contributed by atoms with E-state index in [9.17, 15) is 5.26 Å². The number of aromatic nitrogens is 4. The van der Waals surface area contributed by atoms with Gasteiger partial charge in [-0.25, -0.2) is 14.6 Å². The Morgan fingerprint density at radius 2 is 2.00 bits per heavy atom. The Hall–Kier alpha value is -2.28. The SMILES string of the molecule is C[C@@H]1CC(c2cnc3c(C#N)nn([C@H](C)c4ccc(Cl)cc4Cl)c3n2)=CC[C@@H]1N1CCC[C@H]1CO[Si](C)(C)C(C)(C)C. The summed E-state index contributed by atoms with van der Waals surface area (Å²) in [6.45, 7) is 17.9. The normalized spacial score (nSPS) is 22.8. The number of hydrogen-bond donors (Lipinski definition) is 0. The summed E-state index contributed by atoms with van der Waals surface area (Å²) in [5.41, 5.74) is 4.24. The first-order valence-electron chi connectivity index (χ1n) is 15.0. The van der Waals surface area contributed by atoms with Crippen molar-refractivity contribution in [2.75, 3.05) is 13.2 Å². The molecule has 42 heavy (non-hydrogen) atoms. The molecule has 0 bridgehead atoms. The van der Waals surface area contributed by atoms with E-state index in [-0.39, 0.29) is 16.8 Å². The molecule has 10 heteroatoms. The smallest absolute Gasteiger partial charge is 0.192 e. The molecule has 4 atom stereocenters. The van der Waals surface area contributed by atoms with Gasteiger partial charge >= 0.3 is 0 Å². The third-order valence-electron chi connectivity index (χ3n) is 9.71. The predicted molar refractivity (Wildman–Crippen MR) is 173 cm³/mol. The molecule has 0 N–H and O–H groups in total. The van der Waals surface area contributed by atoms with Crippen molar-refractivity contribution in [1.29, 1.82) is 5.26 Å². The number of hydrogen-bond acceptors (Lipinski definition) is 6. The van der Waals surface area contributed by atoms with Gasteiger partial charge in [0.15, 0.2) is 19.7 Å². The molecule has 1 saturated heterocycles. The van der Waals surface area contributed by atoms with Gasteiger partial charge in [0.1, 0.15) is 11.6 Å². The summed E-state index contributed by atoms with van der Waals surface area (Å²) in [4.78, 5) is 12.4. The zero-order valence-electron chi connectivity index (χ0n) is 25.8. The summed E-state index contributed by atoms with van der Waals surface area (Å²) >= 11 is 12.7. The minimum Gasteiger partial charge on any atom is -0.415 e. The van der Waals surface area contributed by atoms with Crippen LogP contribution in [0.2, 0.25) is 28.2 Å². The molecule has 3 heterocycles. The Kier molecular flexibility index (Phi) is 8.91. The molecule has 0 amide bonds. The van der Waals surface area contributed by atoms with E-state index in [1.807, 2.05) is 19.1 Å². The third kappa shape index (κ3) is 6.04. The Labute approximate surface area is 261 Å². The molecule has 2 aliphatic rings. The van der Waals surface area contributed by atoms with E-state index >= 15 is 0 Å². The summed E-state index contributed by atoms with van der Waals surface area (Å²) in [6, 6.07) is 8.31. The lowest BCUT2D eigenvalue weighted by Crippen LogP contribution is -2.48. The molecule has 5 rings (SSSR count). The van der Waals surface area contributed by atoms with Crippen LogP contribution >= 0.6 is 23.2 Å². The highest BCUT2D eigenvalue weighted by Crippen LogP contribution is 2.39. The van der Waals surface area contributed by atoms with E-state index in [1.165, 1.54) is 18.4 Å². The summed E-state index contributed by atoms with van der Waals surface area (Å²) in [7, 11) is -1.78. The van der Waals surface area contributed by atoms with Crippen LogP contribution in [0.25, 0.3) is 16.7 Å². The minimum atomic E-state index is -1.78. The van der Waals surface area contributed by atoms with Crippen LogP contribution in [-0.4, -0.2) is 58.2 Å². The van der Waals surface area contributed by atoms with Crippen LogP contribution in [0, 0.1) is 17.2 Å². The molecule has 0 saturated carbocycles. The number of likely N-dealkylation sites (tertiary alicyclic amines) is 1. The molecule has 0 radical (unpaired) electrons. The molecule has 1 aliphatic carbocycles. The van der Waals surface area contributed by atoms with Crippen LogP contribution in [0.3, 0.4) is 0 Å². The number of rotatable bonds is 7. The van der Waals surface area contributed by atoms with Gasteiger partial charge in [-0.2, -0.15) is 10.4 Å². The summed E-state index contributed by atoms with van der Waals surface area (Å²) in [6.07, 6.45) is 8.48. The molecule has 1 fully saturated rings. The summed E-state index contributed by atoms with van der Waals surface area (Å²) in [5.74, 6) is 0.474. The second-order valence-electron chi connectivity index (χ2n) is 13.5. The fourth-order valence-electron chi connectivity index (χ4n) is 6.11. The highest BCUT2D eigenvalue weighted by molar-refractivity contribution is 6.74. The van der Waals surface area contributed by atoms with Gasteiger partial charge in [0.05, 0.1) is 17.9 Å². The van der Waals surface area contributed by atoms with Crippen molar-refractivity contribution < 1.29 is 4.43 Å². The van der Waals surface area contributed by atoms with E-state index in [0.717, 1.165) is 37.3 Å².